The lowest BCUT2D eigenvalue weighted by molar-refractivity contribution is 0.141. The largest absolute Gasteiger partial charge is 0.391 e. The van der Waals surface area contributed by atoms with E-state index in [2.05, 4.69) is 31.4 Å². The Balaban J connectivity index is 2.27. The quantitative estimate of drug-likeness (QED) is 0.617. The predicted molar refractivity (Wildman–Crippen MR) is 68.5 cm³/mol. The van der Waals surface area contributed by atoms with Crippen molar-refractivity contribution < 1.29 is 5.11 Å². The van der Waals surface area contributed by atoms with Gasteiger partial charge in [-0.25, -0.2) is 0 Å². The van der Waals surface area contributed by atoms with E-state index in [1.54, 1.807) is 0 Å². The first kappa shape index (κ1) is 13.9. The molecule has 96 valence electrons. The fourth-order valence-electron chi connectivity index (χ4n) is 2.58. The number of rotatable bonds is 7. The zero-order chi connectivity index (χ0) is 12.0. The van der Waals surface area contributed by atoms with E-state index in [1.165, 1.54) is 19.3 Å². The molecule has 0 aromatic heterocycles. The van der Waals surface area contributed by atoms with E-state index in [0.717, 1.165) is 26.2 Å². The van der Waals surface area contributed by atoms with Crippen LogP contribution in [0.25, 0.3) is 0 Å². The standard InChI is InChI=1S/C13H28N2O/c1-4-13(5-2,6-3)10-15-8-11-7-14-9-12(11)16/h11-12,14-16H,4-10H2,1-3H3. The minimum absolute atomic E-state index is 0.160. The summed E-state index contributed by atoms with van der Waals surface area (Å²) in [5.74, 6) is 0.392. The highest BCUT2D eigenvalue weighted by Crippen LogP contribution is 2.29. The topological polar surface area (TPSA) is 44.3 Å². The third-order valence-corrected chi connectivity index (χ3v) is 4.46. The van der Waals surface area contributed by atoms with E-state index in [4.69, 9.17) is 0 Å². The SMILES string of the molecule is CCC(CC)(CC)CNCC1CNCC1O. The maximum absolute atomic E-state index is 9.69. The fourth-order valence-corrected chi connectivity index (χ4v) is 2.58. The van der Waals surface area contributed by atoms with Crippen LogP contribution in [0.1, 0.15) is 40.0 Å². The van der Waals surface area contributed by atoms with E-state index in [-0.39, 0.29) is 6.10 Å². The lowest BCUT2D eigenvalue weighted by atomic mass is 9.80. The Morgan fingerprint density at radius 1 is 1.19 bits per heavy atom. The Hall–Kier alpha value is -0.120. The first-order valence-electron chi connectivity index (χ1n) is 6.77. The van der Waals surface area contributed by atoms with Gasteiger partial charge < -0.3 is 15.7 Å². The third-order valence-electron chi connectivity index (χ3n) is 4.46. The molecule has 0 amide bonds. The molecular weight excluding hydrogens is 200 g/mol. The van der Waals surface area contributed by atoms with E-state index >= 15 is 0 Å². The second kappa shape index (κ2) is 6.58. The molecule has 0 radical (unpaired) electrons. The van der Waals surface area contributed by atoms with Gasteiger partial charge in [-0.05, 0) is 24.7 Å². The molecule has 2 unspecified atom stereocenters. The lowest BCUT2D eigenvalue weighted by Crippen LogP contribution is -2.38. The summed E-state index contributed by atoms with van der Waals surface area (Å²) < 4.78 is 0. The summed E-state index contributed by atoms with van der Waals surface area (Å²) in [6, 6.07) is 0. The normalized spacial score (nSPS) is 26.2. The molecule has 3 N–H and O–H groups in total. The summed E-state index contributed by atoms with van der Waals surface area (Å²) in [6.45, 7) is 10.6. The average molecular weight is 228 g/mol. The molecule has 1 saturated heterocycles. The van der Waals surface area contributed by atoms with Crippen molar-refractivity contribution >= 4 is 0 Å². The lowest BCUT2D eigenvalue weighted by Gasteiger charge is -2.31. The van der Waals surface area contributed by atoms with Gasteiger partial charge in [0.2, 0.25) is 0 Å². The predicted octanol–water partition coefficient (Wildman–Crippen LogP) is 1.37. The summed E-state index contributed by atoms with van der Waals surface area (Å²) in [5, 5.41) is 16.5. The number of nitrogens with one attached hydrogen (secondary N) is 2. The minimum Gasteiger partial charge on any atom is -0.391 e. The van der Waals surface area contributed by atoms with Gasteiger partial charge in [-0.1, -0.05) is 20.8 Å². The first-order chi connectivity index (χ1) is 7.67. The minimum atomic E-state index is -0.160. The Morgan fingerprint density at radius 3 is 2.25 bits per heavy atom. The van der Waals surface area contributed by atoms with Gasteiger partial charge in [0.25, 0.3) is 0 Å². The monoisotopic (exact) mass is 228 g/mol. The van der Waals surface area contributed by atoms with E-state index < -0.39 is 0 Å². The Labute approximate surface area is 100 Å². The van der Waals surface area contributed by atoms with E-state index in [0.29, 0.717) is 11.3 Å². The van der Waals surface area contributed by atoms with Crippen LogP contribution in [0.3, 0.4) is 0 Å². The highest BCUT2D eigenvalue weighted by Gasteiger charge is 2.27. The van der Waals surface area contributed by atoms with Crippen LogP contribution < -0.4 is 10.6 Å². The average Bonchev–Trinajstić information content (AvgIpc) is 2.71. The van der Waals surface area contributed by atoms with Crippen LogP contribution >= 0.6 is 0 Å². The van der Waals surface area contributed by atoms with Crippen molar-refractivity contribution in [2.24, 2.45) is 11.3 Å². The molecule has 0 saturated carbocycles. The van der Waals surface area contributed by atoms with Crippen molar-refractivity contribution in [3.63, 3.8) is 0 Å². The molecule has 0 spiro atoms. The number of hydrogen-bond acceptors (Lipinski definition) is 3. The molecule has 0 bridgehead atoms. The van der Waals surface area contributed by atoms with Crippen molar-refractivity contribution in [1.82, 2.24) is 10.6 Å². The second-order valence-corrected chi connectivity index (χ2v) is 5.18. The summed E-state index contributed by atoms with van der Waals surface area (Å²) in [7, 11) is 0. The van der Waals surface area contributed by atoms with E-state index in [9.17, 15) is 5.11 Å². The summed E-state index contributed by atoms with van der Waals surface area (Å²) in [5.41, 5.74) is 0.455. The van der Waals surface area contributed by atoms with Gasteiger partial charge in [0.05, 0.1) is 6.10 Å². The van der Waals surface area contributed by atoms with Gasteiger partial charge in [0.1, 0.15) is 0 Å². The summed E-state index contributed by atoms with van der Waals surface area (Å²) in [4.78, 5) is 0. The molecule has 2 atom stereocenters. The highest BCUT2D eigenvalue weighted by molar-refractivity contribution is 4.84. The molecule has 0 aromatic carbocycles. The smallest absolute Gasteiger partial charge is 0.0716 e. The Kier molecular flexibility index (Phi) is 5.73. The molecule has 1 heterocycles. The molecule has 1 aliphatic rings. The highest BCUT2D eigenvalue weighted by atomic mass is 16.3. The van der Waals surface area contributed by atoms with Crippen LogP contribution in [-0.4, -0.2) is 37.4 Å². The number of aliphatic hydroxyl groups is 1. The second-order valence-electron chi connectivity index (χ2n) is 5.18. The number of hydrogen-bond donors (Lipinski definition) is 3. The molecule has 0 aliphatic carbocycles. The molecule has 0 aromatic rings. The molecule has 1 aliphatic heterocycles. The third kappa shape index (κ3) is 3.44. The van der Waals surface area contributed by atoms with Gasteiger partial charge in [0, 0.05) is 32.1 Å². The zero-order valence-electron chi connectivity index (χ0n) is 11.1. The Morgan fingerprint density at radius 2 is 1.81 bits per heavy atom. The number of aliphatic hydroxyl groups excluding tert-OH is 1. The van der Waals surface area contributed by atoms with Crippen molar-refractivity contribution in [1.29, 1.82) is 0 Å². The van der Waals surface area contributed by atoms with Crippen molar-refractivity contribution in [2.45, 2.75) is 46.1 Å². The van der Waals surface area contributed by atoms with Crippen molar-refractivity contribution in [3.05, 3.63) is 0 Å². The maximum atomic E-state index is 9.69. The Bertz CT molecular complexity index is 184. The van der Waals surface area contributed by atoms with Crippen LogP contribution in [0.15, 0.2) is 0 Å². The van der Waals surface area contributed by atoms with Crippen molar-refractivity contribution in [3.8, 4) is 0 Å². The summed E-state index contributed by atoms with van der Waals surface area (Å²) >= 11 is 0. The van der Waals surface area contributed by atoms with Crippen molar-refractivity contribution in [2.75, 3.05) is 26.2 Å². The fraction of sp³-hybridized carbons (Fsp3) is 1.00. The molecule has 1 fully saturated rings. The van der Waals surface area contributed by atoms with Crippen LogP contribution in [0, 0.1) is 11.3 Å². The van der Waals surface area contributed by atoms with Crippen LogP contribution in [0.2, 0.25) is 0 Å². The van der Waals surface area contributed by atoms with Gasteiger partial charge >= 0.3 is 0 Å². The molecule has 3 nitrogen and oxygen atoms in total. The molecule has 16 heavy (non-hydrogen) atoms. The van der Waals surface area contributed by atoms with Gasteiger partial charge in [-0.2, -0.15) is 0 Å². The first-order valence-corrected chi connectivity index (χ1v) is 6.77. The molecule has 1 rings (SSSR count). The van der Waals surface area contributed by atoms with Crippen LogP contribution in [-0.2, 0) is 0 Å². The molecular formula is C13H28N2O. The van der Waals surface area contributed by atoms with Gasteiger partial charge in [0.15, 0.2) is 0 Å². The number of β-amino-alcohol motifs (C(OH)–C–C–N with tert-alkyl or cyclic N) is 1. The van der Waals surface area contributed by atoms with Crippen LogP contribution in [0.4, 0.5) is 0 Å². The van der Waals surface area contributed by atoms with Crippen LogP contribution in [0.5, 0.6) is 0 Å². The molecule has 3 heteroatoms. The van der Waals surface area contributed by atoms with Gasteiger partial charge in [-0.15, -0.1) is 0 Å². The van der Waals surface area contributed by atoms with Gasteiger partial charge in [-0.3, -0.25) is 0 Å². The summed E-state index contributed by atoms with van der Waals surface area (Å²) in [6.07, 6.45) is 3.54. The zero-order valence-corrected chi connectivity index (χ0v) is 11.1. The maximum Gasteiger partial charge on any atom is 0.0716 e. The van der Waals surface area contributed by atoms with E-state index in [1.807, 2.05) is 0 Å².